The van der Waals surface area contributed by atoms with Crippen LogP contribution in [0.4, 0.5) is 5.69 Å². The number of anilines is 1. The number of ketones is 1. The zero-order valence-corrected chi connectivity index (χ0v) is 12.1. The second-order valence-corrected chi connectivity index (χ2v) is 5.44. The van der Waals surface area contributed by atoms with Crippen LogP contribution < -0.4 is 4.90 Å². The molecule has 0 atom stereocenters. The third-order valence-corrected chi connectivity index (χ3v) is 3.99. The molecule has 6 heteroatoms. The first kappa shape index (κ1) is 12.3. The van der Waals surface area contributed by atoms with E-state index in [4.69, 9.17) is 0 Å². The fraction of sp³-hybridized carbons (Fsp3) is 0.308. The molecule has 0 radical (unpaired) electrons. The lowest BCUT2D eigenvalue weighted by Crippen LogP contribution is -2.33. The molecule has 0 N–H and O–H groups in total. The Hall–Kier alpha value is -1.69. The summed E-state index contributed by atoms with van der Waals surface area (Å²) in [6.07, 6.45) is 1.77. The van der Waals surface area contributed by atoms with Crippen LogP contribution in [0.1, 0.15) is 23.1 Å². The molecule has 0 aliphatic carbocycles. The van der Waals surface area contributed by atoms with E-state index < -0.39 is 0 Å². The van der Waals surface area contributed by atoms with Crippen LogP contribution in [-0.2, 0) is 13.1 Å². The van der Waals surface area contributed by atoms with E-state index in [1.54, 1.807) is 13.3 Å². The largest absolute Gasteiger partial charge is 0.362 e. The maximum Gasteiger partial charge on any atom is 0.160 e. The van der Waals surface area contributed by atoms with Crippen LogP contribution in [0.25, 0.3) is 0 Å². The van der Waals surface area contributed by atoms with Gasteiger partial charge in [-0.15, -0.1) is 10.2 Å². The number of benzene rings is 1. The van der Waals surface area contributed by atoms with E-state index in [1.807, 2.05) is 18.2 Å². The molecule has 3 rings (SSSR count). The summed E-state index contributed by atoms with van der Waals surface area (Å²) in [6.45, 7) is 4.11. The molecule has 0 saturated heterocycles. The van der Waals surface area contributed by atoms with Gasteiger partial charge < -0.3 is 9.47 Å². The Balaban J connectivity index is 1.88. The minimum absolute atomic E-state index is 0.0665. The summed E-state index contributed by atoms with van der Waals surface area (Å²) in [5, 5.41) is 8.03. The van der Waals surface area contributed by atoms with Crippen LogP contribution in [0, 0.1) is 0 Å². The molecular formula is C13H13BrN4O. The fourth-order valence-electron chi connectivity index (χ4n) is 2.27. The molecule has 1 aliphatic rings. The number of fused-ring (bicyclic) bond motifs is 1. The highest BCUT2D eigenvalue weighted by Crippen LogP contribution is 2.26. The van der Waals surface area contributed by atoms with E-state index in [1.165, 1.54) is 0 Å². The van der Waals surface area contributed by atoms with Gasteiger partial charge in [0.05, 0.1) is 6.54 Å². The molecule has 98 valence electrons. The van der Waals surface area contributed by atoms with Crippen molar-refractivity contribution >= 4 is 27.4 Å². The molecule has 2 heterocycles. The van der Waals surface area contributed by atoms with Crippen LogP contribution in [0.2, 0.25) is 0 Å². The Kier molecular flexibility index (Phi) is 3.10. The predicted octanol–water partition coefficient (Wildman–Crippen LogP) is 2.26. The summed E-state index contributed by atoms with van der Waals surface area (Å²) in [5.74, 6) is 1.04. The van der Waals surface area contributed by atoms with Gasteiger partial charge in [0.25, 0.3) is 0 Å². The number of Topliss-reactive ketones (excluding diaryl/α,β-unsaturated/α-hetero) is 1. The Morgan fingerprint density at radius 2 is 2.21 bits per heavy atom. The Morgan fingerprint density at radius 1 is 1.37 bits per heavy atom. The van der Waals surface area contributed by atoms with Gasteiger partial charge in [-0.05, 0) is 41.1 Å². The Bertz CT molecular complexity index is 637. The number of aromatic nitrogens is 3. The van der Waals surface area contributed by atoms with Gasteiger partial charge in [-0.25, -0.2) is 0 Å². The number of nitrogens with zero attached hydrogens (tertiary/aromatic N) is 4. The van der Waals surface area contributed by atoms with Crippen LogP contribution in [-0.4, -0.2) is 27.1 Å². The highest BCUT2D eigenvalue weighted by Gasteiger charge is 2.18. The minimum atomic E-state index is 0.0665. The molecule has 0 fully saturated rings. The van der Waals surface area contributed by atoms with Gasteiger partial charge in [0.15, 0.2) is 11.6 Å². The van der Waals surface area contributed by atoms with Gasteiger partial charge in [-0.3, -0.25) is 4.79 Å². The molecule has 0 spiro atoms. The molecule has 19 heavy (non-hydrogen) atoms. The fourth-order valence-corrected chi connectivity index (χ4v) is 2.92. The van der Waals surface area contributed by atoms with Crippen molar-refractivity contribution in [1.82, 2.24) is 14.8 Å². The van der Waals surface area contributed by atoms with Gasteiger partial charge in [0.1, 0.15) is 6.33 Å². The molecule has 0 unspecified atom stereocenters. The molecule has 1 aliphatic heterocycles. The van der Waals surface area contributed by atoms with Gasteiger partial charge in [0.2, 0.25) is 0 Å². The predicted molar refractivity (Wildman–Crippen MR) is 75.2 cm³/mol. The van der Waals surface area contributed by atoms with E-state index in [2.05, 4.69) is 35.6 Å². The molecule has 1 aromatic heterocycles. The monoisotopic (exact) mass is 320 g/mol. The highest BCUT2D eigenvalue weighted by molar-refractivity contribution is 9.10. The molecule has 0 bridgehead atoms. The lowest BCUT2D eigenvalue weighted by atomic mass is 10.1. The molecule has 0 amide bonds. The number of hydrogen-bond donors (Lipinski definition) is 0. The van der Waals surface area contributed by atoms with Crippen LogP contribution in [0.3, 0.4) is 0 Å². The lowest BCUT2D eigenvalue weighted by molar-refractivity contribution is 0.101. The first-order valence-electron chi connectivity index (χ1n) is 6.07. The van der Waals surface area contributed by atoms with Crippen molar-refractivity contribution in [1.29, 1.82) is 0 Å². The van der Waals surface area contributed by atoms with Crippen molar-refractivity contribution in [2.75, 3.05) is 11.4 Å². The summed E-state index contributed by atoms with van der Waals surface area (Å²) in [6, 6.07) is 5.83. The van der Waals surface area contributed by atoms with Gasteiger partial charge in [0, 0.05) is 28.8 Å². The molecule has 2 aromatic rings. The van der Waals surface area contributed by atoms with Crippen LogP contribution in [0.5, 0.6) is 0 Å². The van der Waals surface area contributed by atoms with Gasteiger partial charge in [-0.2, -0.15) is 0 Å². The summed E-state index contributed by atoms with van der Waals surface area (Å²) in [4.78, 5) is 13.7. The number of rotatable bonds is 2. The van der Waals surface area contributed by atoms with Crippen LogP contribution in [0.15, 0.2) is 29.0 Å². The third kappa shape index (κ3) is 2.28. The summed E-state index contributed by atoms with van der Waals surface area (Å²) < 4.78 is 2.90. The number of carbonyl (C=O) groups is 1. The molecule has 1 aromatic carbocycles. The van der Waals surface area contributed by atoms with E-state index in [9.17, 15) is 4.79 Å². The zero-order chi connectivity index (χ0) is 13.4. The Morgan fingerprint density at radius 3 is 2.95 bits per heavy atom. The van der Waals surface area contributed by atoms with E-state index in [0.717, 1.165) is 35.6 Å². The third-order valence-electron chi connectivity index (χ3n) is 3.34. The summed E-state index contributed by atoms with van der Waals surface area (Å²) in [7, 11) is 0. The maximum absolute atomic E-state index is 11.4. The average Bonchev–Trinajstić information content (AvgIpc) is 2.85. The number of carbonyl (C=O) groups excluding carboxylic acids is 1. The summed E-state index contributed by atoms with van der Waals surface area (Å²) >= 11 is 3.46. The normalized spacial score (nSPS) is 14.3. The SMILES string of the molecule is CC(=O)c1ccc(N2CCn3cnnc3C2)cc1Br. The van der Waals surface area contributed by atoms with E-state index in [0.29, 0.717) is 5.56 Å². The smallest absolute Gasteiger partial charge is 0.160 e. The van der Waals surface area contributed by atoms with Crippen molar-refractivity contribution in [2.24, 2.45) is 0 Å². The van der Waals surface area contributed by atoms with Crippen molar-refractivity contribution in [3.8, 4) is 0 Å². The highest BCUT2D eigenvalue weighted by atomic mass is 79.9. The standard InChI is InChI=1S/C13H13BrN4O/c1-9(19)11-3-2-10(6-12(11)14)17-4-5-18-8-15-16-13(18)7-17/h2-3,6,8H,4-5,7H2,1H3. The maximum atomic E-state index is 11.4. The van der Waals surface area contributed by atoms with Crippen molar-refractivity contribution < 1.29 is 4.79 Å². The number of halogens is 1. The van der Waals surface area contributed by atoms with Crippen molar-refractivity contribution in [2.45, 2.75) is 20.0 Å². The van der Waals surface area contributed by atoms with E-state index >= 15 is 0 Å². The summed E-state index contributed by atoms with van der Waals surface area (Å²) in [5.41, 5.74) is 1.80. The van der Waals surface area contributed by atoms with Crippen molar-refractivity contribution in [3.05, 3.63) is 40.4 Å². The number of hydrogen-bond acceptors (Lipinski definition) is 4. The van der Waals surface area contributed by atoms with Crippen LogP contribution >= 0.6 is 15.9 Å². The van der Waals surface area contributed by atoms with Gasteiger partial charge >= 0.3 is 0 Å². The second kappa shape index (κ2) is 4.77. The minimum Gasteiger partial charge on any atom is -0.362 e. The van der Waals surface area contributed by atoms with Crippen molar-refractivity contribution in [3.63, 3.8) is 0 Å². The topological polar surface area (TPSA) is 51.0 Å². The van der Waals surface area contributed by atoms with E-state index in [-0.39, 0.29) is 5.78 Å². The molecule has 0 saturated carbocycles. The zero-order valence-electron chi connectivity index (χ0n) is 10.5. The average molecular weight is 321 g/mol. The van der Waals surface area contributed by atoms with Gasteiger partial charge in [-0.1, -0.05) is 0 Å². The first-order chi connectivity index (χ1) is 9.15. The second-order valence-electron chi connectivity index (χ2n) is 4.58. The Labute approximate surface area is 119 Å². The lowest BCUT2D eigenvalue weighted by Gasteiger charge is -2.29. The quantitative estimate of drug-likeness (QED) is 0.796. The molecular weight excluding hydrogens is 308 g/mol. The molecule has 5 nitrogen and oxygen atoms in total. The first-order valence-corrected chi connectivity index (χ1v) is 6.86.